The fourth-order valence-corrected chi connectivity index (χ4v) is 7.68. The van der Waals surface area contributed by atoms with Gasteiger partial charge in [0.2, 0.25) is 0 Å². The number of fused-ring (bicyclic) bond motifs is 5. The van der Waals surface area contributed by atoms with E-state index in [1.165, 1.54) is 38.5 Å². The van der Waals surface area contributed by atoms with Gasteiger partial charge in [-0.3, -0.25) is 0 Å². The van der Waals surface area contributed by atoms with Crippen LogP contribution in [0, 0.1) is 34.0 Å². The average molecular weight is 274 g/mol. The molecule has 0 spiro atoms. The molecule has 5 unspecified atom stereocenters. The van der Waals surface area contributed by atoms with Crippen LogP contribution in [0.25, 0.3) is 0 Å². The van der Waals surface area contributed by atoms with Crippen LogP contribution >= 0.6 is 0 Å². The van der Waals surface area contributed by atoms with Crippen molar-refractivity contribution < 1.29 is 0 Å². The standard InChI is InChI=1S/C20H34/c1-18-11-6-13-20(18,3)17-9-8-15-7-4-5-12-19(15,2)16(17)10-14-18/h15-17H,4-14H2,1-3H3/t15?,16?,17?,18?,19?,20-/m0/s1. The summed E-state index contributed by atoms with van der Waals surface area (Å²) in [7, 11) is 0. The number of hydrogen-bond donors (Lipinski definition) is 0. The summed E-state index contributed by atoms with van der Waals surface area (Å²) in [5.74, 6) is 3.20. The van der Waals surface area contributed by atoms with E-state index in [2.05, 4.69) is 20.8 Å². The molecule has 0 aliphatic heterocycles. The Morgan fingerprint density at radius 1 is 0.650 bits per heavy atom. The van der Waals surface area contributed by atoms with E-state index < -0.39 is 0 Å². The molecule has 4 saturated carbocycles. The summed E-state index contributed by atoms with van der Waals surface area (Å²) in [6.07, 6.45) is 16.9. The summed E-state index contributed by atoms with van der Waals surface area (Å²) < 4.78 is 0. The summed E-state index contributed by atoms with van der Waals surface area (Å²) in [6, 6.07) is 0. The highest BCUT2D eigenvalue weighted by atomic mass is 14.7. The zero-order valence-corrected chi connectivity index (χ0v) is 14.0. The smallest absolute Gasteiger partial charge is 0.0241 e. The second-order valence-corrected chi connectivity index (χ2v) is 9.61. The Bertz CT molecular complexity index is 399. The zero-order valence-electron chi connectivity index (χ0n) is 14.0. The Kier molecular flexibility index (Phi) is 2.91. The average Bonchev–Trinajstić information content (AvgIpc) is 2.74. The van der Waals surface area contributed by atoms with Crippen LogP contribution < -0.4 is 0 Å². The fraction of sp³-hybridized carbons (Fsp3) is 1.00. The normalized spacial score (nSPS) is 58.6. The summed E-state index contributed by atoms with van der Waals surface area (Å²) in [5.41, 5.74) is 2.08. The minimum Gasteiger partial charge on any atom is -0.0591 e. The summed E-state index contributed by atoms with van der Waals surface area (Å²) in [5, 5.41) is 0. The summed E-state index contributed by atoms with van der Waals surface area (Å²) >= 11 is 0. The lowest BCUT2D eigenvalue weighted by molar-refractivity contribution is -0.144. The van der Waals surface area contributed by atoms with Crippen molar-refractivity contribution in [3.63, 3.8) is 0 Å². The molecule has 0 saturated heterocycles. The van der Waals surface area contributed by atoms with E-state index in [-0.39, 0.29) is 0 Å². The van der Waals surface area contributed by atoms with E-state index in [1.807, 2.05) is 0 Å². The van der Waals surface area contributed by atoms with Gasteiger partial charge in [0.25, 0.3) is 0 Å². The van der Waals surface area contributed by atoms with Crippen LogP contribution in [0.2, 0.25) is 0 Å². The molecule has 0 heteroatoms. The fourth-order valence-electron chi connectivity index (χ4n) is 7.68. The molecule has 4 fully saturated rings. The Morgan fingerprint density at radius 2 is 1.50 bits per heavy atom. The maximum absolute atomic E-state index is 2.70. The lowest BCUT2D eigenvalue weighted by atomic mass is 9.41. The van der Waals surface area contributed by atoms with Gasteiger partial charge in [-0.05, 0) is 85.4 Å². The third kappa shape index (κ3) is 1.55. The minimum absolute atomic E-state index is 0.682. The van der Waals surface area contributed by atoms with Gasteiger partial charge in [-0.1, -0.05) is 40.0 Å². The molecule has 0 bridgehead atoms. The molecule has 4 aliphatic rings. The second kappa shape index (κ2) is 4.26. The molecular weight excluding hydrogens is 240 g/mol. The predicted molar refractivity (Wildman–Crippen MR) is 85.6 cm³/mol. The zero-order chi connectivity index (χ0) is 14.0. The molecule has 0 radical (unpaired) electrons. The third-order valence-electron chi connectivity index (χ3n) is 9.24. The topological polar surface area (TPSA) is 0 Å². The molecule has 4 aliphatic carbocycles. The molecule has 0 aromatic carbocycles. The largest absolute Gasteiger partial charge is 0.0591 e. The molecule has 0 nitrogen and oxygen atoms in total. The highest BCUT2D eigenvalue weighted by Gasteiger charge is 2.62. The van der Waals surface area contributed by atoms with Crippen molar-refractivity contribution in [2.75, 3.05) is 0 Å². The minimum atomic E-state index is 0.682. The van der Waals surface area contributed by atoms with Gasteiger partial charge in [-0.2, -0.15) is 0 Å². The molecule has 20 heavy (non-hydrogen) atoms. The van der Waals surface area contributed by atoms with Crippen LogP contribution in [-0.4, -0.2) is 0 Å². The molecular formula is C20H34. The molecule has 114 valence electrons. The van der Waals surface area contributed by atoms with Gasteiger partial charge in [0.05, 0.1) is 0 Å². The van der Waals surface area contributed by atoms with E-state index >= 15 is 0 Å². The Labute approximate surface area is 126 Å². The van der Waals surface area contributed by atoms with Crippen molar-refractivity contribution in [3.8, 4) is 0 Å². The molecule has 4 rings (SSSR count). The number of hydrogen-bond acceptors (Lipinski definition) is 0. The van der Waals surface area contributed by atoms with Gasteiger partial charge >= 0.3 is 0 Å². The highest BCUT2D eigenvalue weighted by molar-refractivity contribution is 5.11. The van der Waals surface area contributed by atoms with Crippen molar-refractivity contribution >= 4 is 0 Å². The molecule has 0 aromatic heterocycles. The van der Waals surface area contributed by atoms with Gasteiger partial charge in [-0.15, -0.1) is 0 Å². The summed E-state index contributed by atoms with van der Waals surface area (Å²) in [4.78, 5) is 0. The first-order chi connectivity index (χ1) is 9.50. The van der Waals surface area contributed by atoms with Crippen LogP contribution in [0.3, 0.4) is 0 Å². The van der Waals surface area contributed by atoms with Crippen LogP contribution in [0.1, 0.15) is 91.4 Å². The van der Waals surface area contributed by atoms with Gasteiger partial charge in [0, 0.05) is 0 Å². The predicted octanol–water partition coefficient (Wildman–Crippen LogP) is 6.20. The first-order valence-electron chi connectivity index (χ1n) is 9.50. The van der Waals surface area contributed by atoms with Gasteiger partial charge in [0.15, 0.2) is 0 Å². The van der Waals surface area contributed by atoms with Crippen molar-refractivity contribution in [3.05, 3.63) is 0 Å². The van der Waals surface area contributed by atoms with E-state index in [0.717, 1.165) is 17.8 Å². The Morgan fingerprint density at radius 3 is 2.35 bits per heavy atom. The molecule has 0 heterocycles. The van der Waals surface area contributed by atoms with Crippen molar-refractivity contribution in [1.29, 1.82) is 0 Å². The van der Waals surface area contributed by atoms with Crippen LogP contribution in [0.15, 0.2) is 0 Å². The van der Waals surface area contributed by atoms with E-state index in [1.54, 1.807) is 32.1 Å². The van der Waals surface area contributed by atoms with Crippen molar-refractivity contribution in [2.24, 2.45) is 34.0 Å². The first-order valence-corrected chi connectivity index (χ1v) is 9.50. The van der Waals surface area contributed by atoms with Crippen molar-refractivity contribution in [2.45, 2.75) is 91.4 Å². The van der Waals surface area contributed by atoms with Crippen LogP contribution in [0.4, 0.5) is 0 Å². The highest BCUT2D eigenvalue weighted by Crippen LogP contribution is 2.71. The van der Waals surface area contributed by atoms with Gasteiger partial charge in [-0.25, -0.2) is 0 Å². The Balaban J connectivity index is 1.70. The first kappa shape index (κ1) is 13.6. The van der Waals surface area contributed by atoms with Crippen molar-refractivity contribution in [1.82, 2.24) is 0 Å². The lowest BCUT2D eigenvalue weighted by Crippen LogP contribution is -2.55. The van der Waals surface area contributed by atoms with Crippen LogP contribution in [-0.2, 0) is 0 Å². The van der Waals surface area contributed by atoms with E-state index in [9.17, 15) is 0 Å². The van der Waals surface area contributed by atoms with Gasteiger partial charge in [0.1, 0.15) is 0 Å². The molecule has 0 amide bonds. The summed E-state index contributed by atoms with van der Waals surface area (Å²) in [6.45, 7) is 8.05. The molecule has 0 aromatic rings. The Hall–Kier alpha value is 0. The van der Waals surface area contributed by atoms with Gasteiger partial charge < -0.3 is 0 Å². The number of rotatable bonds is 0. The third-order valence-corrected chi connectivity index (χ3v) is 9.24. The van der Waals surface area contributed by atoms with E-state index in [4.69, 9.17) is 0 Å². The molecule has 0 N–H and O–H groups in total. The second-order valence-electron chi connectivity index (χ2n) is 9.61. The van der Waals surface area contributed by atoms with Crippen LogP contribution in [0.5, 0.6) is 0 Å². The monoisotopic (exact) mass is 274 g/mol. The van der Waals surface area contributed by atoms with E-state index in [0.29, 0.717) is 16.2 Å². The lowest BCUT2D eigenvalue weighted by Gasteiger charge is -2.63. The molecule has 6 atom stereocenters. The maximum Gasteiger partial charge on any atom is -0.0241 e. The maximum atomic E-state index is 2.70. The SMILES string of the molecule is CC12CCCCC1CCC1C2CCC2(C)CCC[C@@]12C. The quantitative estimate of drug-likeness (QED) is 0.493.